The zero-order chi connectivity index (χ0) is 14.8. The van der Waals surface area contributed by atoms with E-state index in [4.69, 9.17) is 4.99 Å². The summed E-state index contributed by atoms with van der Waals surface area (Å²) in [4.78, 5) is 4.76. The van der Waals surface area contributed by atoms with Crippen LogP contribution in [0.3, 0.4) is 0 Å². The van der Waals surface area contributed by atoms with Crippen LogP contribution in [0.15, 0.2) is 29.3 Å². The van der Waals surface area contributed by atoms with Crippen molar-refractivity contribution < 1.29 is 0 Å². The van der Waals surface area contributed by atoms with E-state index in [0.717, 1.165) is 22.5 Å². The molecule has 0 fully saturated rings. The molecule has 0 saturated heterocycles. The molecule has 1 aromatic carbocycles. The minimum Gasteiger partial charge on any atom is -0.335 e. The van der Waals surface area contributed by atoms with E-state index in [0.29, 0.717) is 6.04 Å². The molecule has 1 unspecified atom stereocenters. The van der Waals surface area contributed by atoms with E-state index in [9.17, 15) is 0 Å². The van der Waals surface area contributed by atoms with Crippen LogP contribution in [-0.2, 0) is 5.41 Å². The van der Waals surface area contributed by atoms with Crippen LogP contribution in [0.2, 0.25) is 0 Å². The van der Waals surface area contributed by atoms with E-state index in [1.807, 2.05) is 11.8 Å². The van der Waals surface area contributed by atoms with Gasteiger partial charge in [-0.05, 0) is 35.4 Å². The fraction of sp³-hybridized carbons (Fsp3) is 0.588. The highest BCUT2D eigenvalue weighted by Gasteiger charge is 2.19. The van der Waals surface area contributed by atoms with Gasteiger partial charge in [0.15, 0.2) is 5.17 Å². The van der Waals surface area contributed by atoms with Crippen molar-refractivity contribution in [2.75, 3.05) is 11.1 Å². The van der Waals surface area contributed by atoms with Gasteiger partial charge in [0.1, 0.15) is 0 Å². The number of hydrogen-bond donors (Lipinski definition) is 1. The van der Waals surface area contributed by atoms with Crippen LogP contribution in [0.4, 0.5) is 5.69 Å². The Hall–Kier alpha value is -0.960. The minimum atomic E-state index is 0.209. The van der Waals surface area contributed by atoms with Crippen molar-refractivity contribution in [2.45, 2.75) is 52.5 Å². The van der Waals surface area contributed by atoms with Crippen LogP contribution in [0.25, 0.3) is 0 Å². The van der Waals surface area contributed by atoms with E-state index in [2.05, 4.69) is 64.2 Å². The Bertz CT molecular complexity index is 469. The van der Waals surface area contributed by atoms with Gasteiger partial charge in [0.25, 0.3) is 0 Å². The number of aliphatic imine (C=N–C) groups is 1. The van der Waals surface area contributed by atoms with Crippen molar-refractivity contribution in [1.82, 2.24) is 0 Å². The summed E-state index contributed by atoms with van der Waals surface area (Å²) in [6, 6.07) is 9.19. The van der Waals surface area contributed by atoms with Gasteiger partial charge in [0, 0.05) is 11.4 Å². The number of nitrogens with one attached hydrogen (secondary N) is 1. The van der Waals surface area contributed by atoms with Gasteiger partial charge in [-0.25, -0.2) is 0 Å². The first-order valence-electron chi connectivity index (χ1n) is 7.43. The third kappa shape index (κ3) is 4.27. The number of amidine groups is 1. The molecule has 0 radical (unpaired) electrons. The van der Waals surface area contributed by atoms with Crippen LogP contribution in [0.5, 0.6) is 0 Å². The molecule has 0 aromatic heterocycles. The third-order valence-electron chi connectivity index (χ3n) is 3.46. The van der Waals surface area contributed by atoms with E-state index >= 15 is 0 Å². The number of rotatable bonds is 3. The summed E-state index contributed by atoms with van der Waals surface area (Å²) in [7, 11) is 0. The maximum absolute atomic E-state index is 4.76. The van der Waals surface area contributed by atoms with Gasteiger partial charge in [-0.3, -0.25) is 4.99 Å². The molecule has 20 heavy (non-hydrogen) atoms. The molecule has 0 bridgehead atoms. The van der Waals surface area contributed by atoms with Crippen LogP contribution < -0.4 is 5.32 Å². The van der Waals surface area contributed by atoms with E-state index < -0.39 is 0 Å². The number of thioether (sulfide) groups is 1. The standard InChI is InChI=1S/C17H26N2S/c1-12(2)10-15-11-20-16(19-15)18-14-8-6-13(7-9-14)17(3,4)5/h6-9,12,15H,10-11H2,1-5H3,(H,18,19). The number of nitrogens with zero attached hydrogens (tertiary/aromatic N) is 1. The molecule has 1 aliphatic rings. The first kappa shape index (κ1) is 15.4. The molecular formula is C17H26N2S. The molecular weight excluding hydrogens is 264 g/mol. The SMILES string of the molecule is CC(C)CC1CSC(Nc2ccc(C(C)(C)C)cc2)=N1. The molecule has 0 saturated carbocycles. The second-order valence-electron chi connectivity index (χ2n) is 6.98. The maximum atomic E-state index is 4.76. The molecule has 2 rings (SSSR count). The van der Waals surface area contributed by atoms with Gasteiger partial charge in [-0.1, -0.05) is 58.5 Å². The fourth-order valence-corrected chi connectivity index (χ4v) is 3.30. The van der Waals surface area contributed by atoms with Crippen LogP contribution in [0.1, 0.15) is 46.6 Å². The molecule has 1 aliphatic heterocycles. The monoisotopic (exact) mass is 290 g/mol. The van der Waals surface area contributed by atoms with E-state index in [1.54, 1.807) is 0 Å². The van der Waals surface area contributed by atoms with Crippen LogP contribution in [0, 0.1) is 5.92 Å². The highest BCUT2D eigenvalue weighted by Crippen LogP contribution is 2.26. The normalized spacial score (nSPS) is 19.3. The quantitative estimate of drug-likeness (QED) is 0.855. The predicted octanol–water partition coefficient (Wildman–Crippen LogP) is 4.91. The molecule has 0 aliphatic carbocycles. The smallest absolute Gasteiger partial charge is 0.161 e. The molecule has 0 amide bonds. The van der Waals surface area contributed by atoms with Crippen molar-refractivity contribution >= 4 is 22.6 Å². The average Bonchev–Trinajstić information content (AvgIpc) is 2.75. The Morgan fingerprint density at radius 3 is 2.45 bits per heavy atom. The Labute approximate surface area is 127 Å². The highest BCUT2D eigenvalue weighted by atomic mass is 32.2. The lowest BCUT2D eigenvalue weighted by molar-refractivity contribution is 0.529. The topological polar surface area (TPSA) is 24.4 Å². The molecule has 0 spiro atoms. The van der Waals surface area contributed by atoms with Gasteiger partial charge in [-0.15, -0.1) is 0 Å². The van der Waals surface area contributed by atoms with Crippen molar-refractivity contribution in [3.63, 3.8) is 0 Å². The molecule has 1 N–H and O–H groups in total. The first-order valence-corrected chi connectivity index (χ1v) is 8.41. The predicted molar refractivity (Wildman–Crippen MR) is 91.9 cm³/mol. The lowest BCUT2D eigenvalue weighted by Crippen LogP contribution is -2.11. The molecule has 1 heterocycles. The lowest BCUT2D eigenvalue weighted by atomic mass is 9.87. The maximum Gasteiger partial charge on any atom is 0.161 e. The van der Waals surface area contributed by atoms with Gasteiger partial charge in [-0.2, -0.15) is 0 Å². The van der Waals surface area contributed by atoms with Crippen molar-refractivity contribution in [3.8, 4) is 0 Å². The summed E-state index contributed by atoms with van der Waals surface area (Å²) in [5.41, 5.74) is 2.71. The van der Waals surface area contributed by atoms with Crippen molar-refractivity contribution in [2.24, 2.45) is 10.9 Å². The Balaban J connectivity index is 1.97. The van der Waals surface area contributed by atoms with Crippen LogP contribution >= 0.6 is 11.8 Å². The fourth-order valence-electron chi connectivity index (χ4n) is 2.33. The van der Waals surface area contributed by atoms with Crippen LogP contribution in [-0.4, -0.2) is 17.0 Å². The summed E-state index contributed by atoms with van der Waals surface area (Å²) in [5, 5.41) is 4.50. The summed E-state index contributed by atoms with van der Waals surface area (Å²) in [6.07, 6.45) is 1.18. The molecule has 3 heteroatoms. The first-order chi connectivity index (χ1) is 9.34. The Kier molecular flexibility index (Phi) is 4.79. The zero-order valence-electron chi connectivity index (χ0n) is 13.2. The average molecular weight is 290 g/mol. The van der Waals surface area contributed by atoms with Gasteiger partial charge in [0.05, 0.1) is 6.04 Å². The van der Waals surface area contributed by atoms with Gasteiger partial charge in [0.2, 0.25) is 0 Å². The van der Waals surface area contributed by atoms with Gasteiger partial charge < -0.3 is 5.32 Å². The third-order valence-corrected chi connectivity index (χ3v) is 4.49. The minimum absolute atomic E-state index is 0.209. The summed E-state index contributed by atoms with van der Waals surface area (Å²) in [6.45, 7) is 11.2. The molecule has 110 valence electrons. The number of anilines is 1. The molecule has 1 aromatic rings. The summed E-state index contributed by atoms with van der Waals surface area (Å²) in [5.74, 6) is 1.83. The molecule has 2 nitrogen and oxygen atoms in total. The second kappa shape index (κ2) is 6.21. The number of benzene rings is 1. The van der Waals surface area contributed by atoms with Crippen molar-refractivity contribution in [3.05, 3.63) is 29.8 Å². The summed E-state index contributed by atoms with van der Waals surface area (Å²) < 4.78 is 0. The highest BCUT2D eigenvalue weighted by molar-refractivity contribution is 8.14. The van der Waals surface area contributed by atoms with Crippen molar-refractivity contribution in [1.29, 1.82) is 0 Å². The van der Waals surface area contributed by atoms with E-state index in [1.165, 1.54) is 12.0 Å². The Morgan fingerprint density at radius 1 is 1.25 bits per heavy atom. The largest absolute Gasteiger partial charge is 0.335 e. The van der Waals surface area contributed by atoms with Gasteiger partial charge >= 0.3 is 0 Å². The summed E-state index contributed by atoms with van der Waals surface area (Å²) >= 11 is 1.84. The van der Waals surface area contributed by atoms with E-state index in [-0.39, 0.29) is 5.41 Å². The second-order valence-corrected chi connectivity index (χ2v) is 7.99. The zero-order valence-corrected chi connectivity index (χ0v) is 14.1. The number of hydrogen-bond acceptors (Lipinski definition) is 3. The Morgan fingerprint density at radius 2 is 1.90 bits per heavy atom. The lowest BCUT2D eigenvalue weighted by Gasteiger charge is -2.19. The molecule has 1 atom stereocenters.